The smallest absolute Gasteiger partial charge is 0.0323 e. The minimum atomic E-state index is 0.645. The molecule has 3 rings (SSSR count). The summed E-state index contributed by atoms with van der Waals surface area (Å²) < 4.78 is 0. The highest BCUT2D eigenvalue weighted by Crippen LogP contribution is 2.32. The molecule has 1 aromatic carbocycles. The molecule has 15 heavy (non-hydrogen) atoms. The van der Waals surface area contributed by atoms with E-state index in [1.54, 1.807) is 16.7 Å². The Bertz CT molecular complexity index is 350. The van der Waals surface area contributed by atoms with Crippen molar-refractivity contribution in [2.75, 3.05) is 6.54 Å². The average Bonchev–Trinajstić information content (AvgIpc) is 2.78. The maximum atomic E-state index is 3.67. The largest absolute Gasteiger partial charge is 0.310 e. The molecule has 2 aliphatic rings. The van der Waals surface area contributed by atoms with Crippen molar-refractivity contribution in [1.82, 2.24) is 5.32 Å². The molecule has 1 nitrogen and oxygen atoms in total. The SMILES string of the molecule is c1cc2c(c(C3CCCCN3)c1)CCC2. The molecular weight excluding hydrogens is 182 g/mol. The summed E-state index contributed by atoms with van der Waals surface area (Å²) in [6, 6.07) is 7.55. The van der Waals surface area contributed by atoms with Gasteiger partial charge in [-0.1, -0.05) is 24.6 Å². The number of hydrogen-bond acceptors (Lipinski definition) is 1. The van der Waals surface area contributed by atoms with Crippen LogP contribution in [0.5, 0.6) is 0 Å². The van der Waals surface area contributed by atoms with Crippen LogP contribution in [0.4, 0.5) is 0 Å². The fraction of sp³-hybridized carbons (Fsp3) is 0.571. The Kier molecular flexibility index (Phi) is 2.49. The molecule has 0 saturated carbocycles. The zero-order chi connectivity index (χ0) is 10.1. The molecule has 0 radical (unpaired) electrons. The van der Waals surface area contributed by atoms with Crippen LogP contribution in [-0.2, 0) is 12.8 Å². The van der Waals surface area contributed by atoms with Gasteiger partial charge in [0.1, 0.15) is 0 Å². The number of piperidine rings is 1. The third kappa shape index (κ3) is 1.69. The van der Waals surface area contributed by atoms with Crippen LogP contribution in [0.25, 0.3) is 0 Å². The van der Waals surface area contributed by atoms with Gasteiger partial charge in [0.25, 0.3) is 0 Å². The number of aryl methyl sites for hydroxylation is 1. The molecule has 1 heteroatoms. The monoisotopic (exact) mass is 201 g/mol. The summed E-state index contributed by atoms with van der Waals surface area (Å²) in [5.41, 5.74) is 4.88. The lowest BCUT2D eigenvalue weighted by atomic mass is 9.92. The van der Waals surface area contributed by atoms with E-state index in [2.05, 4.69) is 23.5 Å². The highest BCUT2D eigenvalue weighted by atomic mass is 14.9. The van der Waals surface area contributed by atoms with Crippen LogP contribution in [0.2, 0.25) is 0 Å². The Morgan fingerprint density at radius 1 is 1.07 bits per heavy atom. The van der Waals surface area contributed by atoms with Crippen molar-refractivity contribution in [2.24, 2.45) is 0 Å². The minimum Gasteiger partial charge on any atom is -0.310 e. The van der Waals surface area contributed by atoms with Crippen LogP contribution in [0.3, 0.4) is 0 Å². The van der Waals surface area contributed by atoms with Crippen molar-refractivity contribution in [2.45, 2.75) is 44.6 Å². The molecule has 1 unspecified atom stereocenters. The molecule has 0 aromatic heterocycles. The van der Waals surface area contributed by atoms with Gasteiger partial charge in [-0.3, -0.25) is 0 Å². The van der Waals surface area contributed by atoms with Crippen LogP contribution in [-0.4, -0.2) is 6.54 Å². The normalized spacial score (nSPS) is 25.2. The second-order valence-corrected chi connectivity index (χ2v) is 4.84. The summed E-state index contributed by atoms with van der Waals surface area (Å²) in [5.74, 6) is 0. The Balaban J connectivity index is 1.93. The Labute approximate surface area is 91.9 Å². The lowest BCUT2D eigenvalue weighted by Gasteiger charge is -2.25. The zero-order valence-corrected chi connectivity index (χ0v) is 9.26. The third-order valence-electron chi connectivity index (χ3n) is 3.87. The first-order valence-corrected chi connectivity index (χ1v) is 6.29. The van der Waals surface area contributed by atoms with Crippen molar-refractivity contribution < 1.29 is 0 Å². The molecule has 1 N–H and O–H groups in total. The molecule has 1 aromatic rings. The van der Waals surface area contributed by atoms with Crippen molar-refractivity contribution in [1.29, 1.82) is 0 Å². The second kappa shape index (κ2) is 3.97. The van der Waals surface area contributed by atoms with Gasteiger partial charge in [-0.05, 0) is 55.3 Å². The molecule has 1 heterocycles. The van der Waals surface area contributed by atoms with Gasteiger partial charge in [-0.15, -0.1) is 0 Å². The molecule has 1 aliphatic heterocycles. The van der Waals surface area contributed by atoms with Gasteiger partial charge in [-0.25, -0.2) is 0 Å². The predicted octanol–water partition coefficient (Wildman–Crippen LogP) is 2.99. The molecule has 80 valence electrons. The van der Waals surface area contributed by atoms with Crippen molar-refractivity contribution >= 4 is 0 Å². The van der Waals surface area contributed by atoms with Gasteiger partial charge < -0.3 is 5.32 Å². The fourth-order valence-electron chi connectivity index (χ4n) is 3.09. The average molecular weight is 201 g/mol. The van der Waals surface area contributed by atoms with E-state index in [0.717, 1.165) is 0 Å². The standard InChI is InChI=1S/C14H19N/c1-2-10-15-14(9-1)13-8-4-6-11-5-3-7-12(11)13/h4,6,8,14-15H,1-3,5,7,9-10H2. The summed E-state index contributed by atoms with van der Waals surface area (Å²) >= 11 is 0. The topological polar surface area (TPSA) is 12.0 Å². The van der Waals surface area contributed by atoms with Crippen LogP contribution in [0.1, 0.15) is 48.4 Å². The molecule has 0 bridgehead atoms. The Morgan fingerprint density at radius 2 is 2.07 bits per heavy atom. The molecule has 0 amide bonds. The van der Waals surface area contributed by atoms with E-state index >= 15 is 0 Å². The second-order valence-electron chi connectivity index (χ2n) is 4.84. The number of fused-ring (bicyclic) bond motifs is 1. The summed E-state index contributed by atoms with van der Waals surface area (Å²) in [6.07, 6.45) is 8.04. The van der Waals surface area contributed by atoms with E-state index in [0.29, 0.717) is 6.04 Å². The van der Waals surface area contributed by atoms with E-state index in [1.165, 1.54) is 45.1 Å². The number of nitrogens with one attached hydrogen (secondary N) is 1. The maximum Gasteiger partial charge on any atom is 0.0323 e. The highest BCUT2D eigenvalue weighted by Gasteiger charge is 2.21. The molecule has 1 atom stereocenters. The molecular formula is C14H19N. The fourth-order valence-corrected chi connectivity index (χ4v) is 3.09. The van der Waals surface area contributed by atoms with E-state index in [-0.39, 0.29) is 0 Å². The van der Waals surface area contributed by atoms with Crippen molar-refractivity contribution in [3.05, 3.63) is 34.9 Å². The van der Waals surface area contributed by atoms with Crippen LogP contribution in [0, 0.1) is 0 Å². The Morgan fingerprint density at radius 3 is 2.93 bits per heavy atom. The summed E-state index contributed by atoms with van der Waals surface area (Å²) in [5, 5.41) is 3.67. The van der Waals surface area contributed by atoms with E-state index < -0.39 is 0 Å². The molecule has 1 saturated heterocycles. The third-order valence-corrected chi connectivity index (χ3v) is 3.87. The Hall–Kier alpha value is -0.820. The number of rotatable bonds is 1. The molecule has 1 fully saturated rings. The van der Waals surface area contributed by atoms with Gasteiger partial charge in [0, 0.05) is 6.04 Å². The summed E-state index contributed by atoms with van der Waals surface area (Å²) in [7, 11) is 0. The summed E-state index contributed by atoms with van der Waals surface area (Å²) in [6.45, 7) is 1.20. The maximum absolute atomic E-state index is 3.67. The van der Waals surface area contributed by atoms with Crippen LogP contribution < -0.4 is 5.32 Å². The number of benzene rings is 1. The lowest BCUT2D eigenvalue weighted by Crippen LogP contribution is -2.27. The van der Waals surface area contributed by atoms with Crippen LogP contribution >= 0.6 is 0 Å². The van der Waals surface area contributed by atoms with Gasteiger partial charge in [-0.2, -0.15) is 0 Å². The van der Waals surface area contributed by atoms with Crippen molar-refractivity contribution in [3.63, 3.8) is 0 Å². The van der Waals surface area contributed by atoms with E-state index in [9.17, 15) is 0 Å². The van der Waals surface area contributed by atoms with Crippen molar-refractivity contribution in [3.8, 4) is 0 Å². The van der Waals surface area contributed by atoms with E-state index in [4.69, 9.17) is 0 Å². The molecule has 1 aliphatic carbocycles. The quantitative estimate of drug-likeness (QED) is 0.736. The van der Waals surface area contributed by atoms with Gasteiger partial charge >= 0.3 is 0 Å². The predicted molar refractivity (Wildman–Crippen MR) is 63.1 cm³/mol. The summed E-state index contributed by atoms with van der Waals surface area (Å²) in [4.78, 5) is 0. The lowest BCUT2D eigenvalue weighted by molar-refractivity contribution is 0.410. The van der Waals surface area contributed by atoms with Gasteiger partial charge in [0.2, 0.25) is 0 Å². The minimum absolute atomic E-state index is 0.645. The van der Waals surface area contributed by atoms with Gasteiger partial charge in [0.15, 0.2) is 0 Å². The van der Waals surface area contributed by atoms with Crippen LogP contribution in [0.15, 0.2) is 18.2 Å². The first kappa shape index (κ1) is 9.41. The first-order chi connectivity index (χ1) is 7.45. The molecule has 0 spiro atoms. The first-order valence-electron chi connectivity index (χ1n) is 6.29. The highest BCUT2D eigenvalue weighted by molar-refractivity contribution is 5.40. The number of hydrogen-bond donors (Lipinski definition) is 1. The van der Waals surface area contributed by atoms with Gasteiger partial charge in [0.05, 0.1) is 0 Å². The zero-order valence-electron chi connectivity index (χ0n) is 9.26. The van der Waals surface area contributed by atoms with E-state index in [1.807, 2.05) is 0 Å².